The molecule has 0 radical (unpaired) electrons. The predicted octanol–water partition coefficient (Wildman–Crippen LogP) is 3.06. The molecule has 1 saturated carbocycles. The lowest BCUT2D eigenvalue weighted by Crippen LogP contribution is -2.42. The number of benzene rings is 1. The summed E-state index contributed by atoms with van der Waals surface area (Å²) in [6.07, 6.45) is 5.49. The number of methoxy groups -OCH3 is 1. The fourth-order valence-corrected chi connectivity index (χ4v) is 3.79. The van der Waals surface area contributed by atoms with Crippen molar-refractivity contribution in [3.8, 4) is 5.75 Å². The van der Waals surface area contributed by atoms with Gasteiger partial charge in [0.2, 0.25) is 11.8 Å². The van der Waals surface area contributed by atoms with Crippen LogP contribution in [0.1, 0.15) is 57.9 Å². The van der Waals surface area contributed by atoms with E-state index in [9.17, 15) is 18.4 Å². The van der Waals surface area contributed by atoms with Crippen molar-refractivity contribution in [1.29, 1.82) is 0 Å². The first kappa shape index (κ1) is 25.5. The van der Waals surface area contributed by atoms with Crippen LogP contribution in [-0.2, 0) is 16.0 Å². The molecule has 9 heteroatoms. The van der Waals surface area contributed by atoms with Crippen molar-refractivity contribution >= 4 is 17.8 Å². The van der Waals surface area contributed by atoms with Crippen molar-refractivity contribution in [2.24, 2.45) is 22.6 Å². The van der Waals surface area contributed by atoms with Crippen molar-refractivity contribution < 1.29 is 23.1 Å². The molecule has 1 atom stereocenters. The highest BCUT2D eigenvalue weighted by Crippen LogP contribution is 2.28. The molecule has 1 fully saturated rings. The molecule has 0 heterocycles. The molecule has 0 aromatic heterocycles. The number of aliphatic imine (C=N–C) groups is 1. The molecule has 1 aliphatic rings. The standard InChI is InChI=1S/C23H34F2N4O3/c1-14(2)13-27-22(31)20(9-15-7-5-4-6-8-15)28-23(26)29-21(30)12-17-18(24)10-16(32-3)11-19(17)25/h10-11,14-15,20H,4-9,12-13H2,1-3H3,(H,27,31)(H3,26,28,29,30). The van der Waals surface area contributed by atoms with Crippen LogP contribution in [0, 0.1) is 23.5 Å². The molecule has 1 aromatic rings. The number of guanidine groups is 1. The zero-order chi connectivity index (χ0) is 23.7. The van der Waals surface area contributed by atoms with Gasteiger partial charge in [-0.25, -0.2) is 13.8 Å². The second kappa shape index (κ2) is 12.4. The third-order valence-corrected chi connectivity index (χ3v) is 5.52. The van der Waals surface area contributed by atoms with Crippen molar-refractivity contribution in [2.75, 3.05) is 13.7 Å². The van der Waals surface area contributed by atoms with Crippen LogP contribution in [0.2, 0.25) is 0 Å². The first-order chi connectivity index (χ1) is 15.2. The molecule has 1 aliphatic carbocycles. The van der Waals surface area contributed by atoms with E-state index in [-0.39, 0.29) is 23.5 Å². The fourth-order valence-electron chi connectivity index (χ4n) is 3.79. The van der Waals surface area contributed by atoms with Crippen molar-refractivity contribution in [1.82, 2.24) is 10.6 Å². The number of nitrogens with zero attached hydrogens (tertiary/aromatic N) is 1. The molecule has 0 spiro atoms. The quantitative estimate of drug-likeness (QED) is 0.395. The summed E-state index contributed by atoms with van der Waals surface area (Å²) in [5.74, 6) is -2.33. The molecule has 7 nitrogen and oxygen atoms in total. The van der Waals surface area contributed by atoms with E-state index in [1.54, 1.807) is 0 Å². The van der Waals surface area contributed by atoms with Crippen LogP contribution in [0.4, 0.5) is 8.78 Å². The lowest BCUT2D eigenvalue weighted by Gasteiger charge is -2.24. The fraction of sp³-hybridized carbons (Fsp3) is 0.609. The van der Waals surface area contributed by atoms with E-state index in [4.69, 9.17) is 10.5 Å². The summed E-state index contributed by atoms with van der Waals surface area (Å²) in [5, 5.41) is 5.21. The van der Waals surface area contributed by atoms with Crippen LogP contribution in [0.25, 0.3) is 0 Å². The maximum Gasteiger partial charge on any atom is 0.244 e. The molecule has 0 aliphatic heterocycles. The van der Waals surface area contributed by atoms with Gasteiger partial charge in [0.25, 0.3) is 0 Å². The van der Waals surface area contributed by atoms with Crippen LogP contribution in [-0.4, -0.2) is 37.5 Å². The largest absolute Gasteiger partial charge is 0.497 e. The predicted molar refractivity (Wildman–Crippen MR) is 119 cm³/mol. The van der Waals surface area contributed by atoms with Gasteiger partial charge in [0.05, 0.1) is 13.5 Å². The number of amides is 2. The number of hydrogen-bond donors (Lipinski definition) is 3. The van der Waals surface area contributed by atoms with Crippen LogP contribution in [0.5, 0.6) is 5.75 Å². The smallest absolute Gasteiger partial charge is 0.244 e. The zero-order valence-corrected chi connectivity index (χ0v) is 19.0. The molecule has 1 unspecified atom stereocenters. The maximum absolute atomic E-state index is 14.1. The minimum Gasteiger partial charge on any atom is -0.497 e. The highest BCUT2D eigenvalue weighted by molar-refractivity contribution is 5.98. The number of hydrogen-bond acceptors (Lipinski definition) is 4. The Morgan fingerprint density at radius 1 is 1.19 bits per heavy atom. The molecule has 1 aromatic carbocycles. The second-order valence-corrected chi connectivity index (χ2v) is 8.70. The minimum absolute atomic E-state index is 0.0169. The van der Waals surface area contributed by atoms with Gasteiger partial charge in [-0.2, -0.15) is 0 Å². The van der Waals surface area contributed by atoms with Gasteiger partial charge in [-0.05, 0) is 18.3 Å². The summed E-state index contributed by atoms with van der Waals surface area (Å²) < 4.78 is 33.0. The van der Waals surface area contributed by atoms with Crippen molar-refractivity contribution in [3.63, 3.8) is 0 Å². The lowest BCUT2D eigenvalue weighted by atomic mass is 9.84. The van der Waals surface area contributed by atoms with Crippen LogP contribution >= 0.6 is 0 Å². The molecule has 178 valence electrons. The number of nitrogens with two attached hydrogens (primary N) is 1. The highest BCUT2D eigenvalue weighted by Gasteiger charge is 2.25. The van der Waals surface area contributed by atoms with Gasteiger partial charge in [-0.1, -0.05) is 46.0 Å². The third kappa shape index (κ3) is 8.09. The maximum atomic E-state index is 14.1. The number of rotatable bonds is 9. The van der Waals surface area contributed by atoms with Crippen molar-refractivity contribution in [2.45, 2.75) is 64.8 Å². The summed E-state index contributed by atoms with van der Waals surface area (Å²) in [7, 11) is 1.29. The van der Waals surface area contributed by atoms with Gasteiger partial charge < -0.3 is 15.8 Å². The molecular weight excluding hydrogens is 418 g/mol. The Morgan fingerprint density at radius 3 is 2.38 bits per heavy atom. The normalized spacial score (nSPS) is 16.0. The molecule has 0 bridgehead atoms. The van der Waals surface area contributed by atoms with Crippen LogP contribution < -0.4 is 21.1 Å². The summed E-state index contributed by atoms with van der Waals surface area (Å²) >= 11 is 0. The SMILES string of the molecule is COc1cc(F)c(CC(=O)NC(N)=NC(CC2CCCCC2)C(=O)NCC(C)C)c(F)c1. The van der Waals surface area contributed by atoms with Gasteiger partial charge in [0, 0.05) is 24.2 Å². The summed E-state index contributed by atoms with van der Waals surface area (Å²) in [5.41, 5.74) is 5.48. The first-order valence-electron chi connectivity index (χ1n) is 11.1. The zero-order valence-electron chi connectivity index (χ0n) is 19.0. The summed E-state index contributed by atoms with van der Waals surface area (Å²) in [4.78, 5) is 29.2. The average molecular weight is 453 g/mol. The molecular formula is C23H34F2N4O3. The lowest BCUT2D eigenvalue weighted by molar-refractivity contribution is -0.123. The highest BCUT2D eigenvalue weighted by atomic mass is 19.1. The Kier molecular flexibility index (Phi) is 9.87. The van der Waals surface area contributed by atoms with Gasteiger partial charge >= 0.3 is 0 Å². The Labute approximate surface area is 188 Å². The van der Waals surface area contributed by atoms with Gasteiger partial charge in [-0.3, -0.25) is 14.9 Å². The summed E-state index contributed by atoms with van der Waals surface area (Å²) in [6, 6.07) is 1.27. The topological polar surface area (TPSA) is 106 Å². The number of halogens is 2. The van der Waals surface area contributed by atoms with Gasteiger partial charge in [0.15, 0.2) is 5.96 Å². The third-order valence-electron chi connectivity index (χ3n) is 5.52. The average Bonchev–Trinajstić information content (AvgIpc) is 2.74. The van der Waals surface area contributed by atoms with Crippen molar-refractivity contribution in [3.05, 3.63) is 29.3 Å². The number of ether oxygens (including phenoxy) is 1. The van der Waals surface area contributed by atoms with Gasteiger partial charge in [-0.15, -0.1) is 0 Å². The van der Waals surface area contributed by atoms with E-state index >= 15 is 0 Å². The minimum atomic E-state index is -0.893. The Balaban J connectivity index is 2.06. The number of carbonyl (C=O) groups excluding carboxylic acids is 2. The molecule has 4 N–H and O–H groups in total. The number of nitrogens with one attached hydrogen (secondary N) is 2. The Morgan fingerprint density at radius 2 is 1.81 bits per heavy atom. The molecule has 2 rings (SSSR count). The summed E-state index contributed by atoms with van der Waals surface area (Å²) in [6.45, 7) is 4.50. The molecule has 32 heavy (non-hydrogen) atoms. The van der Waals surface area contributed by atoms with E-state index in [0.29, 0.717) is 18.9 Å². The van der Waals surface area contributed by atoms with Gasteiger partial charge in [0.1, 0.15) is 23.4 Å². The molecule has 0 saturated heterocycles. The Hall–Kier alpha value is -2.71. The van der Waals surface area contributed by atoms with Crippen LogP contribution in [0.15, 0.2) is 17.1 Å². The number of carbonyl (C=O) groups is 2. The van der Waals surface area contributed by atoms with Crippen LogP contribution in [0.3, 0.4) is 0 Å². The van der Waals surface area contributed by atoms with E-state index in [2.05, 4.69) is 15.6 Å². The second-order valence-electron chi connectivity index (χ2n) is 8.70. The van der Waals surface area contributed by atoms with E-state index in [0.717, 1.165) is 37.8 Å². The van der Waals surface area contributed by atoms with E-state index < -0.39 is 35.6 Å². The first-order valence-corrected chi connectivity index (χ1v) is 11.1. The monoisotopic (exact) mass is 452 g/mol. The Bertz CT molecular complexity index is 800. The van der Waals surface area contributed by atoms with E-state index in [1.165, 1.54) is 13.5 Å². The van der Waals surface area contributed by atoms with E-state index in [1.807, 2.05) is 13.8 Å². The molecule has 2 amide bonds.